The van der Waals surface area contributed by atoms with Crippen molar-refractivity contribution in [3.8, 4) is 0 Å². The van der Waals surface area contributed by atoms with Gasteiger partial charge in [0.1, 0.15) is 0 Å². The van der Waals surface area contributed by atoms with Crippen LogP contribution in [0.25, 0.3) is 10.8 Å². The topological polar surface area (TPSA) is 127 Å². The molecular formula is C20H28O8S2. The van der Waals surface area contributed by atoms with E-state index in [1.54, 1.807) is 24.3 Å². The Hall–Kier alpha value is -1.56. The van der Waals surface area contributed by atoms with Crippen LogP contribution in [-0.4, -0.2) is 78.2 Å². The van der Waals surface area contributed by atoms with Gasteiger partial charge in [0.15, 0.2) is 19.7 Å². The number of fused-ring (bicyclic) bond motifs is 1. The monoisotopic (exact) mass is 460 g/mol. The Bertz CT molecular complexity index is 933. The summed E-state index contributed by atoms with van der Waals surface area (Å²) in [6, 6.07) is 9.25. The minimum Gasteiger partial charge on any atom is -0.394 e. The second kappa shape index (κ2) is 11.7. The molecule has 8 nitrogen and oxygen atoms in total. The molecule has 0 unspecified atom stereocenters. The fraction of sp³-hybridized carbons (Fsp3) is 0.500. The normalized spacial score (nSPS) is 12.5. The zero-order valence-electron chi connectivity index (χ0n) is 16.7. The van der Waals surface area contributed by atoms with Crippen molar-refractivity contribution in [1.29, 1.82) is 0 Å². The quantitative estimate of drug-likeness (QED) is 0.403. The SMILES string of the molecule is O=S(=O)(CCCOCCO)c1cccc2c(S(=O)(=O)CCCOCCO)cccc12. The molecule has 0 saturated heterocycles. The van der Waals surface area contributed by atoms with Gasteiger partial charge in [-0.15, -0.1) is 0 Å². The molecule has 0 radical (unpaired) electrons. The van der Waals surface area contributed by atoms with Crippen molar-refractivity contribution in [3.63, 3.8) is 0 Å². The van der Waals surface area contributed by atoms with Crippen molar-refractivity contribution in [3.05, 3.63) is 36.4 Å². The maximum atomic E-state index is 12.8. The molecule has 2 rings (SSSR count). The Morgan fingerprint density at radius 3 is 1.40 bits per heavy atom. The van der Waals surface area contributed by atoms with Crippen molar-refractivity contribution in [1.82, 2.24) is 0 Å². The number of ether oxygens (including phenoxy) is 2. The van der Waals surface area contributed by atoms with E-state index < -0.39 is 19.7 Å². The number of sulfone groups is 2. The van der Waals surface area contributed by atoms with Crippen LogP contribution in [0.3, 0.4) is 0 Å². The van der Waals surface area contributed by atoms with Gasteiger partial charge in [-0.05, 0) is 25.0 Å². The van der Waals surface area contributed by atoms with Crippen LogP contribution in [0.1, 0.15) is 12.8 Å². The van der Waals surface area contributed by atoms with E-state index in [0.29, 0.717) is 10.8 Å². The first-order valence-corrected chi connectivity index (χ1v) is 13.0. The maximum absolute atomic E-state index is 12.8. The molecule has 0 amide bonds. The lowest BCUT2D eigenvalue weighted by molar-refractivity contribution is 0.0931. The first-order valence-electron chi connectivity index (χ1n) is 9.68. The predicted octanol–water partition coefficient (Wildman–Crippen LogP) is 1.19. The number of hydrogen-bond donors (Lipinski definition) is 2. The van der Waals surface area contributed by atoms with Gasteiger partial charge in [0.05, 0.1) is 47.7 Å². The fourth-order valence-electron chi connectivity index (χ4n) is 3.05. The van der Waals surface area contributed by atoms with E-state index in [4.69, 9.17) is 19.7 Å². The Labute approximate surface area is 177 Å². The molecule has 2 N–H and O–H groups in total. The summed E-state index contributed by atoms with van der Waals surface area (Å²) in [7, 11) is -7.29. The highest BCUT2D eigenvalue weighted by molar-refractivity contribution is 7.92. The van der Waals surface area contributed by atoms with Crippen LogP contribution >= 0.6 is 0 Å². The lowest BCUT2D eigenvalue weighted by Crippen LogP contribution is -2.12. The third kappa shape index (κ3) is 6.73. The molecule has 2 aromatic carbocycles. The Balaban J connectivity index is 2.25. The molecule has 0 aromatic heterocycles. The second-order valence-electron chi connectivity index (χ2n) is 6.62. The molecule has 0 aliphatic rings. The highest BCUT2D eigenvalue weighted by atomic mass is 32.2. The van der Waals surface area contributed by atoms with Gasteiger partial charge in [-0.25, -0.2) is 16.8 Å². The second-order valence-corrected chi connectivity index (χ2v) is 10.8. The van der Waals surface area contributed by atoms with Crippen LogP contribution < -0.4 is 0 Å². The Morgan fingerprint density at radius 1 is 0.633 bits per heavy atom. The summed E-state index contributed by atoms with van der Waals surface area (Å²) in [5.41, 5.74) is 0. The van der Waals surface area contributed by atoms with Gasteiger partial charge in [0.25, 0.3) is 0 Å². The Morgan fingerprint density at radius 2 is 1.03 bits per heavy atom. The highest BCUT2D eigenvalue weighted by Gasteiger charge is 2.22. The van der Waals surface area contributed by atoms with Gasteiger partial charge < -0.3 is 19.7 Å². The van der Waals surface area contributed by atoms with Gasteiger partial charge >= 0.3 is 0 Å². The molecule has 10 heteroatoms. The molecule has 0 bridgehead atoms. The van der Waals surface area contributed by atoms with Crippen LogP contribution in [0.5, 0.6) is 0 Å². The van der Waals surface area contributed by atoms with Crippen LogP contribution in [0.2, 0.25) is 0 Å². The molecule has 0 aliphatic heterocycles. The standard InChI is InChI=1S/C20H28O8S2/c21-9-13-27-11-3-15-29(23,24)19-7-1-5-17-18(19)6-2-8-20(17)30(25,26)16-4-12-28-14-10-22/h1-2,5-8,21-22H,3-4,9-16H2. The lowest BCUT2D eigenvalue weighted by atomic mass is 10.1. The molecular weight excluding hydrogens is 432 g/mol. The van der Waals surface area contributed by atoms with E-state index in [2.05, 4.69) is 0 Å². The zero-order valence-corrected chi connectivity index (χ0v) is 18.3. The molecule has 0 atom stereocenters. The smallest absolute Gasteiger partial charge is 0.179 e. The molecule has 0 fully saturated rings. The first kappa shape index (κ1) is 24.7. The van der Waals surface area contributed by atoms with E-state index in [1.807, 2.05) is 0 Å². The van der Waals surface area contributed by atoms with Gasteiger partial charge in [-0.3, -0.25) is 0 Å². The number of aliphatic hydroxyl groups is 2. The first-order chi connectivity index (χ1) is 14.3. The van der Waals surface area contributed by atoms with Crippen LogP contribution in [0, 0.1) is 0 Å². The van der Waals surface area contributed by atoms with E-state index in [-0.39, 0.29) is 73.8 Å². The summed E-state index contributed by atoms with van der Waals surface area (Å²) in [6.45, 7) is 0.480. The summed E-state index contributed by atoms with van der Waals surface area (Å²) >= 11 is 0. The van der Waals surface area contributed by atoms with Crippen molar-refractivity contribution in [2.75, 3.05) is 51.1 Å². The van der Waals surface area contributed by atoms with Gasteiger partial charge in [-0.2, -0.15) is 0 Å². The largest absolute Gasteiger partial charge is 0.394 e. The van der Waals surface area contributed by atoms with Crippen LogP contribution in [0.4, 0.5) is 0 Å². The minimum absolute atomic E-state index is 0.0884. The van der Waals surface area contributed by atoms with Crippen molar-refractivity contribution < 1.29 is 36.5 Å². The minimum atomic E-state index is -3.64. The third-order valence-electron chi connectivity index (χ3n) is 4.39. The number of benzene rings is 2. The molecule has 168 valence electrons. The number of hydrogen-bond acceptors (Lipinski definition) is 8. The molecule has 2 aromatic rings. The summed E-state index contributed by atoms with van der Waals surface area (Å²) in [5, 5.41) is 18.1. The average Bonchev–Trinajstić information content (AvgIpc) is 2.72. The lowest BCUT2D eigenvalue weighted by Gasteiger charge is -2.12. The highest BCUT2D eigenvalue weighted by Crippen LogP contribution is 2.30. The zero-order chi connectivity index (χ0) is 22.0. The van der Waals surface area contributed by atoms with Gasteiger partial charge in [-0.1, -0.05) is 24.3 Å². The summed E-state index contributed by atoms with van der Waals surface area (Å²) in [4.78, 5) is 0.177. The van der Waals surface area contributed by atoms with Gasteiger partial charge in [0, 0.05) is 24.0 Å². The summed E-state index contributed by atoms with van der Waals surface area (Å²) in [5.74, 6) is -0.284. The molecule has 30 heavy (non-hydrogen) atoms. The van der Waals surface area contributed by atoms with E-state index in [0.717, 1.165) is 0 Å². The average molecular weight is 461 g/mol. The third-order valence-corrected chi connectivity index (χ3v) is 8.09. The van der Waals surface area contributed by atoms with Crippen molar-refractivity contribution in [2.24, 2.45) is 0 Å². The van der Waals surface area contributed by atoms with E-state index >= 15 is 0 Å². The van der Waals surface area contributed by atoms with Crippen molar-refractivity contribution >= 4 is 30.4 Å². The van der Waals surface area contributed by atoms with Crippen molar-refractivity contribution in [2.45, 2.75) is 22.6 Å². The summed E-state index contributed by atoms with van der Waals surface area (Å²) < 4.78 is 61.5. The number of rotatable bonds is 14. The predicted molar refractivity (Wildman–Crippen MR) is 113 cm³/mol. The van der Waals surface area contributed by atoms with Crippen LogP contribution in [0.15, 0.2) is 46.2 Å². The Kier molecular flexibility index (Phi) is 9.66. The van der Waals surface area contributed by atoms with Crippen LogP contribution in [-0.2, 0) is 29.1 Å². The molecule has 0 spiro atoms. The molecule has 0 saturated carbocycles. The van der Waals surface area contributed by atoms with E-state index in [9.17, 15) is 16.8 Å². The fourth-order valence-corrected chi connectivity index (χ4v) is 6.08. The number of aliphatic hydroxyl groups excluding tert-OH is 2. The molecule has 0 aliphatic carbocycles. The van der Waals surface area contributed by atoms with Gasteiger partial charge in [0.2, 0.25) is 0 Å². The maximum Gasteiger partial charge on any atom is 0.179 e. The molecule has 0 heterocycles. The van der Waals surface area contributed by atoms with E-state index in [1.165, 1.54) is 12.1 Å². The summed E-state index contributed by atoms with van der Waals surface area (Å²) in [6.07, 6.45) is 0.537.